The zero-order chi connectivity index (χ0) is 14.5. The minimum Gasteiger partial charge on any atom is -0.349 e. The van der Waals surface area contributed by atoms with Crippen molar-refractivity contribution in [2.75, 3.05) is 14.1 Å². The molecule has 0 saturated heterocycles. The van der Waals surface area contributed by atoms with Gasteiger partial charge >= 0.3 is 5.76 Å². The number of carbonyl (C=O) groups excluding carboxylic acids is 1. The van der Waals surface area contributed by atoms with Crippen LogP contribution in [-0.2, 0) is 11.3 Å². The molecule has 2 heterocycles. The third-order valence-electron chi connectivity index (χ3n) is 2.88. The van der Waals surface area contributed by atoms with Gasteiger partial charge in [-0.1, -0.05) is 5.16 Å². The second kappa shape index (κ2) is 6.14. The number of hydrogen-bond donors (Lipinski definition) is 0. The summed E-state index contributed by atoms with van der Waals surface area (Å²) in [6.07, 6.45) is 4.17. The largest absolute Gasteiger partial charge is 0.441 e. The van der Waals surface area contributed by atoms with Crippen molar-refractivity contribution >= 4 is 5.91 Å². The van der Waals surface area contributed by atoms with Crippen LogP contribution in [0.1, 0.15) is 12.8 Å². The Labute approximate surface area is 115 Å². The van der Waals surface area contributed by atoms with Crippen molar-refractivity contribution in [3.05, 3.63) is 35.1 Å². The summed E-state index contributed by atoms with van der Waals surface area (Å²) in [4.78, 5) is 28.7. The van der Waals surface area contributed by atoms with Crippen molar-refractivity contribution in [2.24, 2.45) is 0 Å². The number of hydrogen-bond acceptors (Lipinski definition) is 5. The van der Waals surface area contributed by atoms with E-state index in [2.05, 4.69) is 14.7 Å². The summed E-state index contributed by atoms with van der Waals surface area (Å²) in [6.45, 7) is 0.381. The standard InChI is InChI=1S/C13H16N4O3/c1-16(2)11(18)6-4-8-17-12(15-20-13(17)19)10-5-3-7-14-9-10/h3,5,7,9H,4,6,8H2,1-2H3. The monoisotopic (exact) mass is 276 g/mol. The molecule has 0 fully saturated rings. The van der Waals surface area contributed by atoms with Gasteiger partial charge in [-0.15, -0.1) is 0 Å². The van der Waals surface area contributed by atoms with Crippen LogP contribution in [0.5, 0.6) is 0 Å². The molecule has 2 rings (SSSR count). The Morgan fingerprint density at radius 3 is 2.90 bits per heavy atom. The molecule has 0 radical (unpaired) electrons. The van der Waals surface area contributed by atoms with E-state index in [1.54, 1.807) is 38.6 Å². The van der Waals surface area contributed by atoms with E-state index >= 15 is 0 Å². The third kappa shape index (κ3) is 3.11. The lowest BCUT2D eigenvalue weighted by atomic mass is 10.2. The Bertz CT molecular complexity index is 631. The first-order chi connectivity index (χ1) is 9.59. The van der Waals surface area contributed by atoms with Gasteiger partial charge in [-0.2, -0.15) is 0 Å². The number of amides is 1. The summed E-state index contributed by atoms with van der Waals surface area (Å²) in [7, 11) is 3.41. The first-order valence-corrected chi connectivity index (χ1v) is 6.26. The van der Waals surface area contributed by atoms with E-state index in [1.807, 2.05) is 0 Å². The topological polar surface area (TPSA) is 81.2 Å². The van der Waals surface area contributed by atoms with Crippen LogP contribution in [0.4, 0.5) is 0 Å². The number of carbonyl (C=O) groups is 1. The van der Waals surface area contributed by atoms with Crippen LogP contribution in [0.3, 0.4) is 0 Å². The highest BCUT2D eigenvalue weighted by Crippen LogP contribution is 2.14. The smallest absolute Gasteiger partial charge is 0.349 e. The average Bonchev–Trinajstić information content (AvgIpc) is 2.81. The molecule has 0 saturated carbocycles. The molecule has 0 N–H and O–H groups in total. The van der Waals surface area contributed by atoms with Crippen molar-refractivity contribution in [2.45, 2.75) is 19.4 Å². The Morgan fingerprint density at radius 2 is 2.25 bits per heavy atom. The molecule has 0 aliphatic carbocycles. The van der Waals surface area contributed by atoms with Gasteiger partial charge in [0.25, 0.3) is 0 Å². The van der Waals surface area contributed by atoms with Crippen molar-refractivity contribution < 1.29 is 9.32 Å². The fourth-order valence-corrected chi connectivity index (χ4v) is 1.78. The highest BCUT2D eigenvalue weighted by molar-refractivity contribution is 5.75. The molecular weight excluding hydrogens is 260 g/mol. The number of rotatable bonds is 5. The molecule has 0 aliphatic rings. The van der Waals surface area contributed by atoms with Crippen LogP contribution in [0.2, 0.25) is 0 Å². The van der Waals surface area contributed by atoms with Crippen molar-refractivity contribution in [1.29, 1.82) is 0 Å². The molecular formula is C13H16N4O3. The Kier molecular flexibility index (Phi) is 4.29. The first kappa shape index (κ1) is 14.0. The molecule has 0 aliphatic heterocycles. The second-order valence-electron chi connectivity index (χ2n) is 4.56. The quantitative estimate of drug-likeness (QED) is 0.805. The molecule has 0 bridgehead atoms. The molecule has 1 amide bonds. The van der Waals surface area contributed by atoms with Crippen LogP contribution < -0.4 is 5.76 Å². The Morgan fingerprint density at radius 1 is 1.45 bits per heavy atom. The number of aromatic nitrogens is 3. The zero-order valence-electron chi connectivity index (χ0n) is 11.4. The predicted octanol–water partition coefficient (Wildman–Crippen LogP) is 0.767. The predicted molar refractivity (Wildman–Crippen MR) is 71.9 cm³/mol. The van der Waals surface area contributed by atoms with Gasteiger partial charge in [0.1, 0.15) is 0 Å². The molecule has 7 nitrogen and oxygen atoms in total. The zero-order valence-corrected chi connectivity index (χ0v) is 11.4. The van der Waals surface area contributed by atoms with Gasteiger partial charge in [0.2, 0.25) is 5.91 Å². The van der Waals surface area contributed by atoms with E-state index in [0.29, 0.717) is 30.8 Å². The SMILES string of the molecule is CN(C)C(=O)CCCn1c(-c2cccnc2)noc1=O. The first-order valence-electron chi connectivity index (χ1n) is 6.26. The lowest BCUT2D eigenvalue weighted by Crippen LogP contribution is -2.22. The van der Waals surface area contributed by atoms with Gasteiger partial charge in [0.05, 0.1) is 0 Å². The average molecular weight is 276 g/mol. The Balaban J connectivity index is 2.11. The number of nitrogens with zero attached hydrogens (tertiary/aromatic N) is 4. The van der Waals surface area contributed by atoms with Crippen LogP contribution >= 0.6 is 0 Å². The minimum absolute atomic E-state index is 0.0254. The van der Waals surface area contributed by atoms with Gasteiger partial charge < -0.3 is 4.90 Å². The number of pyridine rings is 1. The summed E-state index contributed by atoms with van der Waals surface area (Å²) >= 11 is 0. The van der Waals surface area contributed by atoms with Crippen molar-refractivity contribution in [3.8, 4) is 11.4 Å². The minimum atomic E-state index is -0.527. The second-order valence-corrected chi connectivity index (χ2v) is 4.56. The van der Waals surface area contributed by atoms with E-state index in [9.17, 15) is 9.59 Å². The maximum absolute atomic E-state index is 11.6. The van der Waals surface area contributed by atoms with Crippen LogP contribution in [-0.4, -0.2) is 39.6 Å². The molecule has 0 aromatic carbocycles. The third-order valence-corrected chi connectivity index (χ3v) is 2.88. The summed E-state index contributed by atoms with van der Waals surface area (Å²) in [5, 5.41) is 3.76. The lowest BCUT2D eigenvalue weighted by Gasteiger charge is -2.10. The fourth-order valence-electron chi connectivity index (χ4n) is 1.78. The van der Waals surface area contributed by atoms with Gasteiger partial charge in [-0.25, -0.2) is 4.79 Å². The van der Waals surface area contributed by atoms with Crippen molar-refractivity contribution in [1.82, 2.24) is 19.6 Å². The van der Waals surface area contributed by atoms with Gasteiger partial charge in [-0.05, 0) is 18.6 Å². The van der Waals surface area contributed by atoms with Crippen LogP contribution in [0.15, 0.2) is 33.8 Å². The van der Waals surface area contributed by atoms with Crippen LogP contribution in [0, 0.1) is 0 Å². The fraction of sp³-hybridized carbons (Fsp3) is 0.385. The summed E-state index contributed by atoms with van der Waals surface area (Å²) in [5.74, 6) is -0.0704. The van der Waals surface area contributed by atoms with Crippen molar-refractivity contribution in [3.63, 3.8) is 0 Å². The van der Waals surface area contributed by atoms with Gasteiger partial charge in [0.15, 0.2) is 5.82 Å². The highest BCUT2D eigenvalue weighted by atomic mass is 16.5. The molecule has 7 heteroatoms. The molecule has 0 spiro atoms. The van der Waals surface area contributed by atoms with E-state index in [-0.39, 0.29) is 5.91 Å². The van der Waals surface area contributed by atoms with Crippen LogP contribution in [0.25, 0.3) is 11.4 Å². The maximum Gasteiger partial charge on any atom is 0.441 e. The molecule has 106 valence electrons. The molecule has 20 heavy (non-hydrogen) atoms. The molecule has 2 aromatic rings. The normalized spacial score (nSPS) is 10.5. The van der Waals surface area contributed by atoms with E-state index in [0.717, 1.165) is 0 Å². The molecule has 0 atom stereocenters. The van der Waals surface area contributed by atoms with E-state index < -0.39 is 5.76 Å². The maximum atomic E-state index is 11.6. The molecule has 0 unspecified atom stereocenters. The summed E-state index contributed by atoms with van der Waals surface area (Å²) in [6, 6.07) is 3.56. The summed E-state index contributed by atoms with van der Waals surface area (Å²) in [5.41, 5.74) is 0.706. The van der Waals surface area contributed by atoms with E-state index in [1.165, 1.54) is 9.47 Å². The van der Waals surface area contributed by atoms with Gasteiger partial charge in [0, 0.05) is 45.0 Å². The summed E-state index contributed by atoms with van der Waals surface area (Å²) < 4.78 is 6.11. The Hall–Kier alpha value is -2.44. The highest BCUT2D eigenvalue weighted by Gasteiger charge is 2.13. The lowest BCUT2D eigenvalue weighted by molar-refractivity contribution is -0.128. The van der Waals surface area contributed by atoms with E-state index in [4.69, 9.17) is 0 Å². The molecule has 2 aromatic heterocycles. The van der Waals surface area contributed by atoms with Gasteiger partial charge in [-0.3, -0.25) is 18.9 Å².